The molecule has 0 aliphatic carbocycles. The molecule has 1 heterocycles. The van der Waals surface area contributed by atoms with Crippen molar-refractivity contribution in [1.29, 1.82) is 0 Å². The summed E-state index contributed by atoms with van der Waals surface area (Å²) in [5.41, 5.74) is 0. The van der Waals surface area contributed by atoms with Gasteiger partial charge in [-0.3, -0.25) is 4.79 Å². The molecule has 1 amide bonds. The zero-order chi connectivity index (χ0) is 13.5. The van der Waals surface area contributed by atoms with Gasteiger partial charge in [-0.15, -0.1) is 0 Å². The molecule has 0 aromatic heterocycles. The molecular weight excluding hydrogens is 264 g/mol. The Kier molecular flexibility index (Phi) is 5.48. The Balaban J connectivity index is 1.74. The highest BCUT2D eigenvalue weighted by Gasteiger charge is 2.14. The lowest BCUT2D eigenvalue weighted by atomic mass is 10.1. The summed E-state index contributed by atoms with van der Waals surface area (Å²) < 4.78 is 5.41. The molecule has 5 heteroatoms. The second-order valence-electron chi connectivity index (χ2n) is 4.69. The van der Waals surface area contributed by atoms with E-state index in [0.29, 0.717) is 10.8 Å². The third-order valence-electron chi connectivity index (χ3n) is 3.11. The Hall–Kier alpha value is -1.26. The fraction of sp³-hybridized carbons (Fsp3) is 0.500. The molecule has 0 saturated carbocycles. The van der Waals surface area contributed by atoms with Crippen LogP contribution in [0.4, 0.5) is 0 Å². The van der Waals surface area contributed by atoms with E-state index in [1.54, 1.807) is 24.3 Å². The van der Waals surface area contributed by atoms with Gasteiger partial charge in [0.05, 0.1) is 0 Å². The van der Waals surface area contributed by atoms with Crippen molar-refractivity contribution in [3.8, 4) is 5.75 Å². The summed E-state index contributed by atoms with van der Waals surface area (Å²) in [7, 11) is 0. The van der Waals surface area contributed by atoms with E-state index < -0.39 is 0 Å². The van der Waals surface area contributed by atoms with Gasteiger partial charge in [0, 0.05) is 11.1 Å². The predicted molar refractivity (Wildman–Crippen MR) is 75.6 cm³/mol. The minimum absolute atomic E-state index is 0.0320. The second kappa shape index (κ2) is 7.36. The Morgan fingerprint density at radius 1 is 1.42 bits per heavy atom. The minimum Gasteiger partial charge on any atom is -0.484 e. The summed E-state index contributed by atoms with van der Waals surface area (Å²) in [6.45, 7) is 2.02. The van der Waals surface area contributed by atoms with Crippen LogP contribution in [-0.2, 0) is 4.79 Å². The van der Waals surface area contributed by atoms with E-state index in [2.05, 4.69) is 10.6 Å². The molecule has 2 rings (SSSR count). The molecule has 1 unspecified atom stereocenters. The molecule has 1 aromatic rings. The van der Waals surface area contributed by atoms with Gasteiger partial charge in [-0.05, 0) is 50.6 Å². The molecule has 1 aromatic carbocycles. The zero-order valence-electron chi connectivity index (χ0n) is 10.8. The van der Waals surface area contributed by atoms with E-state index in [4.69, 9.17) is 16.3 Å². The standard InChI is InChI=1S/C14H19ClN2O2/c15-11-3-1-5-13(9-11)19-10-14(18)17-12-4-2-7-16-8-6-12/h1,3,5,9,12,16H,2,4,6-8,10H2,(H,17,18). The third-order valence-corrected chi connectivity index (χ3v) is 3.34. The molecule has 19 heavy (non-hydrogen) atoms. The van der Waals surface area contributed by atoms with Crippen molar-refractivity contribution >= 4 is 17.5 Å². The number of halogens is 1. The van der Waals surface area contributed by atoms with Crippen molar-refractivity contribution in [3.63, 3.8) is 0 Å². The van der Waals surface area contributed by atoms with Crippen LogP contribution in [0.3, 0.4) is 0 Å². The summed E-state index contributed by atoms with van der Waals surface area (Å²) in [6.07, 6.45) is 3.10. The van der Waals surface area contributed by atoms with E-state index in [9.17, 15) is 4.79 Å². The number of hydrogen-bond donors (Lipinski definition) is 2. The molecule has 1 atom stereocenters. The average Bonchev–Trinajstić information content (AvgIpc) is 2.65. The van der Waals surface area contributed by atoms with Crippen LogP contribution in [0.1, 0.15) is 19.3 Å². The van der Waals surface area contributed by atoms with Crippen LogP contribution < -0.4 is 15.4 Å². The van der Waals surface area contributed by atoms with Crippen LogP contribution in [0, 0.1) is 0 Å². The summed E-state index contributed by atoms with van der Waals surface area (Å²) in [6, 6.07) is 7.31. The van der Waals surface area contributed by atoms with Crippen LogP contribution in [0.5, 0.6) is 5.75 Å². The normalized spacial score (nSPS) is 19.5. The average molecular weight is 283 g/mol. The van der Waals surface area contributed by atoms with E-state index >= 15 is 0 Å². The van der Waals surface area contributed by atoms with Gasteiger partial charge in [-0.25, -0.2) is 0 Å². The molecule has 0 spiro atoms. The lowest BCUT2D eigenvalue weighted by Crippen LogP contribution is -2.38. The van der Waals surface area contributed by atoms with Crippen molar-refractivity contribution in [1.82, 2.24) is 10.6 Å². The Bertz CT molecular complexity index is 418. The summed E-state index contributed by atoms with van der Waals surface area (Å²) in [4.78, 5) is 11.8. The first-order chi connectivity index (χ1) is 9.24. The molecule has 1 saturated heterocycles. The highest BCUT2D eigenvalue weighted by atomic mass is 35.5. The fourth-order valence-electron chi connectivity index (χ4n) is 2.14. The highest BCUT2D eigenvalue weighted by Crippen LogP contribution is 2.16. The smallest absolute Gasteiger partial charge is 0.258 e. The molecular formula is C14H19ClN2O2. The maximum Gasteiger partial charge on any atom is 0.258 e. The first-order valence-corrected chi connectivity index (χ1v) is 7.00. The Morgan fingerprint density at radius 3 is 3.16 bits per heavy atom. The number of amides is 1. The largest absolute Gasteiger partial charge is 0.484 e. The molecule has 0 bridgehead atoms. The van der Waals surface area contributed by atoms with Crippen molar-refractivity contribution < 1.29 is 9.53 Å². The molecule has 104 valence electrons. The Morgan fingerprint density at radius 2 is 2.32 bits per heavy atom. The first kappa shape index (κ1) is 14.2. The maximum atomic E-state index is 11.8. The zero-order valence-corrected chi connectivity index (χ0v) is 11.6. The second-order valence-corrected chi connectivity index (χ2v) is 5.13. The number of nitrogens with one attached hydrogen (secondary N) is 2. The number of carbonyl (C=O) groups is 1. The number of benzene rings is 1. The molecule has 1 fully saturated rings. The van der Waals surface area contributed by atoms with Gasteiger partial charge in [-0.1, -0.05) is 17.7 Å². The van der Waals surface area contributed by atoms with Crippen LogP contribution in [0.25, 0.3) is 0 Å². The molecule has 1 aliphatic heterocycles. The van der Waals surface area contributed by atoms with Crippen LogP contribution in [-0.4, -0.2) is 31.6 Å². The number of hydrogen-bond acceptors (Lipinski definition) is 3. The van der Waals surface area contributed by atoms with E-state index in [1.165, 1.54) is 0 Å². The van der Waals surface area contributed by atoms with Crippen molar-refractivity contribution in [2.24, 2.45) is 0 Å². The van der Waals surface area contributed by atoms with Gasteiger partial charge in [0.25, 0.3) is 5.91 Å². The van der Waals surface area contributed by atoms with E-state index in [1.807, 2.05) is 0 Å². The van der Waals surface area contributed by atoms with Crippen LogP contribution in [0.15, 0.2) is 24.3 Å². The fourth-order valence-corrected chi connectivity index (χ4v) is 2.32. The quantitative estimate of drug-likeness (QED) is 0.888. The van der Waals surface area contributed by atoms with Gasteiger partial charge in [0.1, 0.15) is 5.75 Å². The van der Waals surface area contributed by atoms with Gasteiger partial charge >= 0.3 is 0 Å². The SMILES string of the molecule is O=C(COc1cccc(Cl)c1)NC1CCCNCC1. The first-order valence-electron chi connectivity index (χ1n) is 6.62. The number of rotatable bonds is 4. The monoisotopic (exact) mass is 282 g/mol. The number of carbonyl (C=O) groups excluding carboxylic acids is 1. The Labute approximate surface area is 118 Å². The van der Waals surface area contributed by atoms with Crippen LogP contribution >= 0.6 is 11.6 Å². The maximum absolute atomic E-state index is 11.8. The van der Waals surface area contributed by atoms with Crippen molar-refractivity contribution in [2.45, 2.75) is 25.3 Å². The molecule has 1 aliphatic rings. The van der Waals surface area contributed by atoms with Gasteiger partial charge in [0.15, 0.2) is 6.61 Å². The van der Waals surface area contributed by atoms with E-state index in [0.717, 1.165) is 32.4 Å². The van der Waals surface area contributed by atoms with Gasteiger partial charge in [-0.2, -0.15) is 0 Å². The summed E-state index contributed by atoms with van der Waals surface area (Å²) in [5, 5.41) is 6.93. The van der Waals surface area contributed by atoms with Crippen molar-refractivity contribution in [3.05, 3.63) is 29.3 Å². The van der Waals surface area contributed by atoms with Gasteiger partial charge < -0.3 is 15.4 Å². The lowest BCUT2D eigenvalue weighted by Gasteiger charge is -2.16. The van der Waals surface area contributed by atoms with E-state index in [-0.39, 0.29) is 18.6 Å². The van der Waals surface area contributed by atoms with Crippen molar-refractivity contribution in [2.75, 3.05) is 19.7 Å². The molecule has 0 radical (unpaired) electrons. The van der Waals surface area contributed by atoms with Crippen LogP contribution in [0.2, 0.25) is 5.02 Å². The summed E-state index contributed by atoms with van der Waals surface area (Å²) >= 11 is 5.85. The topological polar surface area (TPSA) is 50.4 Å². The van der Waals surface area contributed by atoms with Gasteiger partial charge in [0.2, 0.25) is 0 Å². The molecule has 4 nitrogen and oxygen atoms in total. The number of ether oxygens (including phenoxy) is 1. The molecule has 2 N–H and O–H groups in total. The minimum atomic E-state index is -0.0770. The highest BCUT2D eigenvalue weighted by molar-refractivity contribution is 6.30. The summed E-state index contributed by atoms with van der Waals surface area (Å²) in [5.74, 6) is 0.539. The third kappa shape index (κ3) is 5.09. The predicted octanol–water partition coefficient (Wildman–Crippen LogP) is 1.98. The lowest BCUT2D eigenvalue weighted by molar-refractivity contribution is -0.123.